The fourth-order valence-corrected chi connectivity index (χ4v) is 2.69. The summed E-state index contributed by atoms with van der Waals surface area (Å²) in [6.45, 7) is 11.9. The third-order valence-corrected chi connectivity index (χ3v) is 3.87. The van der Waals surface area contributed by atoms with E-state index in [9.17, 15) is 9.70 Å². The maximum atomic E-state index is 13.0. The van der Waals surface area contributed by atoms with Gasteiger partial charge in [0.25, 0.3) is 0 Å². The van der Waals surface area contributed by atoms with Crippen LogP contribution >= 0.6 is 0 Å². The van der Waals surface area contributed by atoms with Crippen LogP contribution in [0.15, 0.2) is 28.6 Å². The fraction of sp³-hybridized carbons (Fsp3) is 0.706. The molecule has 0 radical (unpaired) electrons. The van der Waals surface area contributed by atoms with Crippen molar-refractivity contribution in [2.45, 2.75) is 47.1 Å². The summed E-state index contributed by atoms with van der Waals surface area (Å²) in [7, 11) is 2.90. The van der Waals surface area contributed by atoms with Crippen LogP contribution in [-0.4, -0.2) is 37.3 Å². The minimum Gasteiger partial charge on any atom is -0.381 e. The Bertz CT molecular complexity index is 502. The lowest BCUT2D eigenvalue weighted by Gasteiger charge is -2.40. The molecule has 23 heavy (non-hydrogen) atoms. The molecule has 0 saturated heterocycles. The molecule has 0 saturated carbocycles. The van der Waals surface area contributed by atoms with Crippen LogP contribution in [0.2, 0.25) is 0 Å². The van der Waals surface area contributed by atoms with Crippen LogP contribution < -0.4 is 0 Å². The van der Waals surface area contributed by atoms with Gasteiger partial charge in [-0.1, -0.05) is 41.5 Å². The van der Waals surface area contributed by atoms with Crippen molar-refractivity contribution >= 4 is 5.78 Å². The minimum atomic E-state index is -1.05. The number of methoxy groups -OCH3 is 1. The number of Topliss-reactive ketones (excluding diaryl/α,β-unsaturated/α-hetero) is 1. The number of allylic oxidation sites excluding steroid dienone is 2. The minimum absolute atomic E-state index is 0.0151. The van der Waals surface area contributed by atoms with Crippen LogP contribution in [0.3, 0.4) is 0 Å². The molecule has 0 heterocycles. The lowest BCUT2D eigenvalue weighted by atomic mass is 9.69. The summed E-state index contributed by atoms with van der Waals surface area (Å²) in [5, 5.41) is 3.90. The van der Waals surface area contributed by atoms with Crippen molar-refractivity contribution in [2.75, 3.05) is 20.8 Å². The Morgan fingerprint density at radius 2 is 1.48 bits per heavy atom. The molecule has 6 nitrogen and oxygen atoms in total. The van der Waals surface area contributed by atoms with E-state index in [1.807, 2.05) is 41.5 Å². The van der Waals surface area contributed by atoms with Crippen LogP contribution in [0.5, 0.6) is 0 Å². The molecule has 0 bridgehead atoms. The fourth-order valence-electron chi connectivity index (χ4n) is 2.69. The second-order valence-corrected chi connectivity index (χ2v) is 7.91. The summed E-state index contributed by atoms with van der Waals surface area (Å²) in [6, 6.07) is 0. The number of ether oxygens (including phenoxy) is 1. The Balaban J connectivity index is 3.68. The van der Waals surface area contributed by atoms with Gasteiger partial charge in [0, 0.05) is 18.3 Å². The van der Waals surface area contributed by atoms with Gasteiger partial charge >= 0.3 is 0 Å². The van der Waals surface area contributed by atoms with Gasteiger partial charge in [0.2, 0.25) is 0 Å². The van der Waals surface area contributed by atoms with E-state index in [2.05, 4.69) is 5.29 Å². The molecule has 0 aromatic carbocycles. The number of hydrogen-bond acceptors (Lipinski definition) is 5. The maximum Gasteiger partial charge on any atom is 0.185 e. The molecular formula is C17H28N2O4. The van der Waals surface area contributed by atoms with Gasteiger partial charge < -0.3 is 4.74 Å². The van der Waals surface area contributed by atoms with E-state index in [1.165, 1.54) is 14.2 Å². The van der Waals surface area contributed by atoms with Gasteiger partial charge in [-0.15, -0.1) is 10.1 Å². The highest BCUT2D eigenvalue weighted by molar-refractivity contribution is 6.11. The van der Waals surface area contributed by atoms with Crippen LogP contribution in [0, 0.1) is 15.7 Å². The summed E-state index contributed by atoms with van der Waals surface area (Å²) < 4.78 is 5.31. The number of carbonyl (C=O) groups is 1. The van der Waals surface area contributed by atoms with Gasteiger partial charge in [0.1, 0.15) is 0 Å². The van der Waals surface area contributed by atoms with E-state index in [0.29, 0.717) is 11.1 Å². The van der Waals surface area contributed by atoms with E-state index in [1.54, 1.807) is 12.2 Å². The Kier molecular flexibility index (Phi) is 5.54. The predicted octanol–water partition coefficient (Wildman–Crippen LogP) is 3.44. The summed E-state index contributed by atoms with van der Waals surface area (Å²) in [5.41, 5.74) is -0.586. The number of ketones is 1. The molecule has 0 atom stereocenters. The van der Waals surface area contributed by atoms with Crippen LogP contribution in [0.1, 0.15) is 41.5 Å². The molecule has 0 aromatic rings. The predicted molar refractivity (Wildman–Crippen MR) is 89.3 cm³/mol. The molecule has 0 fully saturated rings. The zero-order valence-electron chi connectivity index (χ0n) is 15.4. The zero-order valence-corrected chi connectivity index (χ0v) is 15.4. The molecule has 0 unspecified atom stereocenters. The molecule has 0 spiro atoms. The number of hydrogen-bond donors (Lipinski definition) is 0. The van der Waals surface area contributed by atoms with Crippen LogP contribution in [0.4, 0.5) is 0 Å². The Labute approximate surface area is 138 Å². The first-order chi connectivity index (χ1) is 10.4. The number of nitroso groups, excluding NO2 is 1. The van der Waals surface area contributed by atoms with Gasteiger partial charge in [-0.3, -0.25) is 9.63 Å². The molecular weight excluding hydrogens is 296 g/mol. The second kappa shape index (κ2) is 6.53. The highest BCUT2D eigenvalue weighted by Gasteiger charge is 2.45. The molecule has 1 aliphatic carbocycles. The van der Waals surface area contributed by atoms with Gasteiger partial charge in [0.15, 0.2) is 11.3 Å². The van der Waals surface area contributed by atoms with Crippen molar-refractivity contribution in [3.63, 3.8) is 0 Å². The molecule has 0 amide bonds. The van der Waals surface area contributed by atoms with Gasteiger partial charge in [0.05, 0.1) is 19.0 Å². The quantitative estimate of drug-likeness (QED) is 0.572. The lowest BCUT2D eigenvalue weighted by Crippen LogP contribution is -2.50. The summed E-state index contributed by atoms with van der Waals surface area (Å²) in [5.74, 6) is -0.0151. The van der Waals surface area contributed by atoms with Crippen molar-refractivity contribution in [3.05, 3.63) is 28.2 Å². The molecule has 0 aliphatic heterocycles. The lowest BCUT2D eigenvalue weighted by molar-refractivity contribution is -0.188. The van der Waals surface area contributed by atoms with Crippen molar-refractivity contribution in [1.29, 1.82) is 0 Å². The molecule has 1 aliphatic rings. The Hall–Kier alpha value is -1.53. The normalized spacial score (nSPS) is 18.3. The first-order valence-electron chi connectivity index (χ1n) is 7.61. The third kappa shape index (κ3) is 3.87. The van der Waals surface area contributed by atoms with Crippen LogP contribution in [-0.2, 0) is 14.4 Å². The van der Waals surface area contributed by atoms with E-state index in [0.717, 1.165) is 5.17 Å². The zero-order chi connectivity index (χ0) is 18.1. The van der Waals surface area contributed by atoms with Gasteiger partial charge in [-0.25, -0.2) is 0 Å². The largest absolute Gasteiger partial charge is 0.381 e. The molecule has 6 heteroatoms. The molecule has 0 aromatic heterocycles. The first kappa shape index (κ1) is 19.5. The monoisotopic (exact) mass is 324 g/mol. The number of nitrogens with zero attached hydrogens (tertiary/aromatic N) is 2. The molecule has 0 N–H and O–H groups in total. The second-order valence-electron chi connectivity index (χ2n) is 7.91. The van der Waals surface area contributed by atoms with E-state index >= 15 is 0 Å². The highest BCUT2D eigenvalue weighted by Crippen LogP contribution is 2.42. The van der Waals surface area contributed by atoms with Crippen molar-refractivity contribution in [3.8, 4) is 0 Å². The van der Waals surface area contributed by atoms with Gasteiger partial charge in [-0.2, -0.15) is 0 Å². The third-order valence-electron chi connectivity index (χ3n) is 3.87. The maximum absolute atomic E-state index is 13.0. The Morgan fingerprint density at radius 3 is 1.74 bits per heavy atom. The number of rotatable bonds is 5. The summed E-state index contributed by atoms with van der Waals surface area (Å²) in [4.78, 5) is 29.4. The van der Waals surface area contributed by atoms with Crippen molar-refractivity contribution < 1.29 is 14.4 Å². The summed E-state index contributed by atoms with van der Waals surface area (Å²) in [6.07, 6.45) is 3.47. The first-order valence-corrected chi connectivity index (χ1v) is 7.61. The smallest absolute Gasteiger partial charge is 0.185 e. The topological polar surface area (TPSA) is 68.2 Å². The average molecular weight is 324 g/mol. The summed E-state index contributed by atoms with van der Waals surface area (Å²) >= 11 is 0. The number of hydroxylamine groups is 1. The van der Waals surface area contributed by atoms with Gasteiger partial charge in [-0.05, 0) is 23.0 Å². The van der Waals surface area contributed by atoms with Crippen LogP contribution in [0.25, 0.3) is 0 Å². The van der Waals surface area contributed by atoms with E-state index in [4.69, 9.17) is 9.57 Å². The standard InChI is InChI=1S/C17H28N2O4/c1-15(2,3)12-9-17(11-22-7,19(18-21)23-8)10-13(14(12)20)16(4,5)6/h9-10H,11H2,1-8H3. The highest BCUT2D eigenvalue weighted by atomic mass is 16.7. The van der Waals surface area contributed by atoms with Crippen molar-refractivity contribution in [2.24, 2.45) is 16.1 Å². The SMILES string of the molecule is COCC1(N(N=O)OC)C=C(C(C)(C)C)C(=O)C(C(C)(C)C)=C1. The Morgan fingerprint density at radius 1 is 1.04 bits per heavy atom. The number of carbonyl (C=O) groups excluding carboxylic acids is 1. The van der Waals surface area contributed by atoms with E-state index in [-0.39, 0.29) is 23.2 Å². The molecule has 1 rings (SSSR count). The molecule has 130 valence electrons. The average Bonchev–Trinajstić information content (AvgIpc) is 2.40. The van der Waals surface area contributed by atoms with Crippen molar-refractivity contribution in [1.82, 2.24) is 5.17 Å². The van der Waals surface area contributed by atoms with E-state index < -0.39 is 5.54 Å².